The summed E-state index contributed by atoms with van der Waals surface area (Å²) >= 11 is 0. The van der Waals surface area contributed by atoms with Gasteiger partial charge in [-0.2, -0.15) is 5.10 Å². The van der Waals surface area contributed by atoms with E-state index in [4.69, 9.17) is 0 Å². The molecule has 31 heavy (non-hydrogen) atoms. The molecule has 0 unspecified atom stereocenters. The molecule has 2 N–H and O–H groups in total. The van der Waals surface area contributed by atoms with Crippen LogP contribution < -0.4 is 10.0 Å². The number of sulfonamides is 1. The van der Waals surface area contributed by atoms with Gasteiger partial charge in [0.25, 0.3) is 11.8 Å². The van der Waals surface area contributed by atoms with Gasteiger partial charge in [0.15, 0.2) is 0 Å². The van der Waals surface area contributed by atoms with Crippen LogP contribution in [0.1, 0.15) is 46.4 Å². The molecular formula is C21H27N5O4S. The molecule has 166 valence electrons. The van der Waals surface area contributed by atoms with Crippen molar-refractivity contribution in [3.63, 3.8) is 0 Å². The SMILES string of the molecule is Cn1cc(C(=O)NCC2CCN(C(=O)c3ccc(S(=O)(=O)NC4CC4)cc3)CC2)cn1. The second kappa shape index (κ2) is 8.80. The van der Waals surface area contributed by atoms with Crippen molar-refractivity contribution in [3.8, 4) is 0 Å². The van der Waals surface area contributed by atoms with Gasteiger partial charge in [0, 0.05) is 44.5 Å². The van der Waals surface area contributed by atoms with E-state index in [1.807, 2.05) is 0 Å². The fraction of sp³-hybridized carbons (Fsp3) is 0.476. The van der Waals surface area contributed by atoms with Crippen LogP contribution in [0, 0.1) is 5.92 Å². The molecule has 1 saturated carbocycles. The van der Waals surface area contributed by atoms with E-state index in [2.05, 4.69) is 15.1 Å². The lowest BCUT2D eigenvalue weighted by atomic mass is 9.96. The van der Waals surface area contributed by atoms with Crippen LogP contribution in [0.2, 0.25) is 0 Å². The number of aryl methyl sites for hydroxylation is 1. The van der Waals surface area contributed by atoms with Crippen molar-refractivity contribution >= 4 is 21.8 Å². The minimum atomic E-state index is -3.52. The number of nitrogens with zero attached hydrogens (tertiary/aromatic N) is 3. The maximum Gasteiger partial charge on any atom is 0.254 e. The summed E-state index contributed by atoms with van der Waals surface area (Å²) in [6, 6.07) is 6.16. The Morgan fingerprint density at radius 2 is 1.74 bits per heavy atom. The molecular weight excluding hydrogens is 418 g/mol. The molecule has 9 nitrogen and oxygen atoms in total. The summed E-state index contributed by atoms with van der Waals surface area (Å²) in [5.74, 6) is 0.0699. The number of nitrogens with one attached hydrogen (secondary N) is 2. The number of amides is 2. The molecule has 2 heterocycles. The second-order valence-electron chi connectivity index (χ2n) is 8.27. The number of benzene rings is 1. The molecule has 2 fully saturated rings. The highest BCUT2D eigenvalue weighted by molar-refractivity contribution is 7.89. The van der Waals surface area contributed by atoms with E-state index in [1.165, 1.54) is 18.3 Å². The Balaban J connectivity index is 1.26. The first kappa shape index (κ1) is 21.5. The maximum absolute atomic E-state index is 12.8. The van der Waals surface area contributed by atoms with E-state index in [0.717, 1.165) is 25.7 Å². The standard InChI is InChI=1S/C21H27N5O4S/c1-25-14-17(13-23-25)20(27)22-12-15-8-10-26(11-9-15)21(28)16-2-6-19(7-3-16)31(29,30)24-18-4-5-18/h2-3,6-7,13-15,18,24H,4-5,8-12H2,1H3,(H,22,27). The molecule has 2 aromatic rings. The highest BCUT2D eigenvalue weighted by atomic mass is 32.2. The molecule has 10 heteroatoms. The Bertz CT molecular complexity index is 1050. The van der Waals surface area contributed by atoms with Gasteiger partial charge in [-0.25, -0.2) is 13.1 Å². The molecule has 0 spiro atoms. The topological polar surface area (TPSA) is 113 Å². The Morgan fingerprint density at radius 3 is 2.32 bits per heavy atom. The quantitative estimate of drug-likeness (QED) is 0.664. The van der Waals surface area contributed by atoms with Crippen molar-refractivity contribution in [2.24, 2.45) is 13.0 Å². The van der Waals surface area contributed by atoms with Crippen LogP contribution in [0.25, 0.3) is 0 Å². The Morgan fingerprint density at radius 1 is 1.06 bits per heavy atom. The smallest absolute Gasteiger partial charge is 0.254 e. The molecule has 0 bridgehead atoms. The maximum atomic E-state index is 12.8. The van der Waals surface area contributed by atoms with Crippen molar-refractivity contribution in [3.05, 3.63) is 47.8 Å². The van der Waals surface area contributed by atoms with E-state index in [0.29, 0.717) is 36.7 Å². The Labute approximate surface area is 181 Å². The van der Waals surface area contributed by atoms with Crippen molar-refractivity contribution < 1.29 is 18.0 Å². The lowest BCUT2D eigenvalue weighted by Crippen LogP contribution is -2.41. The summed E-state index contributed by atoms with van der Waals surface area (Å²) in [7, 11) is -1.75. The molecule has 0 radical (unpaired) electrons. The second-order valence-corrected chi connectivity index (χ2v) is 9.98. The summed E-state index contributed by atoms with van der Waals surface area (Å²) in [6.07, 6.45) is 6.57. The number of aromatic nitrogens is 2. The molecule has 1 aromatic heterocycles. The zero-order valence-electron chi connectivity index (χ0n) is 17.5. The van der Waals surface area contributed by atoms with Crippen LogP contribution in [0.5, 0.6) is 0 Å². The van der Waals surface area contributed by atoms with Gasteiger partial charge in [-0.05, 0) is 55.9 Å². The first-order chi connectivity index (χ1) is 14.8. The van der Waals surface area contributed by atoms with Gasteiger partial charge < -0.3 is 10.2 Å². The van der Waals surface area contributed by atoms with E-state index >= 15 is 0 Å². The van der Waals surface area contributed by atoms with E-state index in [1.54, 1.807) is 35.0 Å². The van der Waals surface area contributed by atoms with Crippen LogP contribution in [-0.2, 0) is 17.1 Å². The Hall–Kier alpha value is -2.72. The predicted molar refractivity (Wildman–Crippen MR) is 114 cm³/mol. The van der Waals surface area contributed by atoms with Crippen LogP contribution in [0.4, 0.5) is 0 Å². The molecule has 4 rings (SSSR count). The van der Waals surface area contributed by atoms with Crippen molar-refractivity contribution in [2.45, 2.75) is 36.6 Å². The molecule has 2 amide bonds. The van der Waals surface area contributed by atoms with Gasteiger partial charge >= 0.3 is 0 Å². The van der Waals surface area contributed by atoms with Crippen molar-refractivity contribution in [1.29, 1.82) is 0 Å². The van der Waals surface area contributed by atoms with Gasteiger partial charge in [0.2, 0.25) is 10.0 Å². The number of piperidine rings is 1. The number of hydrogen-bond donors (Lipinski definition) is 2. The van der Waals surface area contributed by atoms with E-state index in [9.17, 15) is 18.0 Å². The third kappa shape index (κ3) is 5.31. The molecule has 0 atom stereocenters. The van der Waals surface area contributed by atoms with Gasteiger partial charge in [-0.1, -0.05) is 0 Å². The minimum absolute atomic E-state index is 0.0433. The third-order valence-electron chi connectivity index (χ3n) is 5.73. The molecule has 1 aliphatic carbocycles. The van der Waals surface area contributed by atoms with Crippen molar-refractivity contribution in [2.75, 3.05) is 19.6 Å². The summed E-state index contributed by atoms with van der Waals surface area (Å²) in [5.41, 5.74) is 1.02. The third-order valence-corrected chi connectivity index (χ3v) is 7.27. The van der Waals surface area contributed by atoms with Gasteiger partial charge in [-0.15, -0.1) is 0 Å². The van der Waals surface area contributed by atoms with Gasteiger partial charge in [-0.3, -0.25) is 14.3 Å². The summed E-state index contributed by atoms with van der Waals surface area (Å²) in [6.45, 7) is 1.78. The van der Waals surface area contributed by atoms with Crippen molar-refractivity contribution in [1.82, 2.24) is 24.7 Å². The fourth-order valence-electron chi connectivity index (χ4n) is 3.67. The largest absolute Gasteiger partial charge is 0.352 e. The van der Waals surface area contributed by atoms with E-state index in [-0.39, 0.29) is 22.8 Å². The normalized spacial score (nSPS) is 17.5. The van der Waals surface area contributed by atoms with Crippen LogP contribution in [0.3, 0.4) is 0 Å². The first-order valence-electron chi connectivity index (χ1n) is 10.5. The monoisotopic (exact) mass is 445 g/mol. The van der Waals surface area contributed by atoms with Crippen LogP contribution in [-0.4, -0.2) is 60.6 Å². The number of likely N-dealkylation sites (tertiary alicyclic amines) is 1. The molecule has 1 saturated heterocycles. The predicted octanol–water partition coefficient (Wildman–Crippen LogP) is 1.14. The number of rotatable bonds is 7. The number of carbonyl (C=O) groups excluding carboxylic acids is 2. The highest BCUT2D eigenvalue weighted by Crippen LogP contribution is 2.23. The number of carbonyl (C=O) groups is 2. The van der Waals surface area contributed by atoms with Gasteiger partial charge in [0.1, 0.15) is 0 Å². The zero-order valence-corrected chi connectivity index (χ0v) is 18.3. The Kier molecular flexibility index (Phi) is 6.10. The summed E-state index contributed by atoms with van der Waals surface area (Å²) in [5, 5.41) is 6.94. The lowest BCUT2D eigenvalue weighted by Gasteiger charge is -2.32. The van der Waals surface area contributed by atoms with Crippen LogP contribution in [0.15, 0.2) is 41.6 Å². The highest BCUT2D eigenvalue weighted by Gasteiger charge is 2.28. The number of hydrogen-bond acceptors (Lipinski definition) is 5. The summed E-state index contributed by atoms with van der Waals surface area (Å²) < 4.78 is 28.7. The molecule has 1 aromatic carbocycles. The fourth-order valence-corrected chi connectivity index (χ4v) is 4.97. The summed E-state index contributed by atoms with van der Waals surface area (Å²) in [4.78, 5) is 26.9. The van der Waals surface area contributed by atoms with Gasteiger partial charge in [0.05, 0.1) is 16.7 Å². The minimum Gasteiger partial charge on any atom is -0.352 e. The average Bonchev–Trinajstić information content (AvgIpc) is 3.47. The lowest BCUT2D eigenvalue weighted by molar-refractivity contribution is 0.0684. The molecule has 2 aliphatic rings. The zero-order chi connectivity index (χ0) is 22.0. The average molecular weight is 446 g/mol. The molecule has 1 aliphatic heterocycles. The van der Waals surface area contributed by atoms with Crippen LogP contribution >= 0.6 is 0 Å². The first-order valence-corrected chi connectivity index (χ1v) is 12.0. The van der Waals surface area contributed by atoms with E-state index < -0.39 is 10.0 Å².